The van der Waals surface area contributed by atoms with Crippen molar-refractivity contribution in [2.45, 2.75) is 46.2 Å². The summed E-state index contributed by atoms with van der Waals surface area (Å²) in [6.45, 7) is -0.0197. The van der Waals surface area contributed by atoms with E-state index >= 15 is 0 Å². The normalized spacial score (nSPS) is 17.3. The van der Waals surface area contributed by atoms with Gasteiger partial charge in [0, 0.05) is 19.1 Å². The van der Waals surface area contributed by atoms with Crippen LogP contribution in [0.2, 0.25) is 0 Å². The zero-order valence-electron chi connectivity index (χ0n) is 17.1. The first-order chi connectivity index (χ1) is 15.3. The number of hydrogen-bond donors (Lipinski definition) is 2. The Balaban J connectivity index is 1.92. The molecule has 2 N–H and O–H groups in total. The number of sulfonamides is 1. The van der Waals surface area contributed by atoms with Crippen LogP contribution < -0.4 is 4.72 Å². The van der Waals surface area contributed by atoms with Crippen LogP contribution in [-0.2, 0) is 26.0 Å². The van der Waals surface area contributed by atoms with E-state index in [1.54, 1.807) is 6.07 Å². The number of carbonyl (C=O) groups is 1. The zero-order valence-corrected chi connectivity index (χ0v) is 18.8. The van der Waals surface area contributed by atoms with Crippen LogP contribution in [0.15, 0.2) is 63.2 Å². The fraction of sp³-hybridized carbons (Fsp3) is 0.350. The summed E-state index contributed by atoms with van der Waals surface area (Å²) in [5, 5.41) is 9.15. The van der Waals surface area contributed by atoms with Gasteiger partial charge >= 0.3 is 12.3 Å². The average Bonchev–Trinajstić information content (AvgIpc) is 3.22. The van der Waals surface area contributed by atoms with Crippen molar-refractivity contribution in [2.75, 3.05) is 13.1 Å². The van der Waals surface area contributed by atoms with Crippen molar-refractivity contribution in [3.8, 4) is 0 Å². The summed E-state index contributed by atoms with van der Waals surface area (Å²) in [6.07, 6.45) is -5.04. The second kappa shape index (κ2) is 9.31. The molecule has 1 atom stereocenters. The lowest BCUT2D eigenvalue weighted by molar-refractivity contribution is -0.139. The molecule has 0 aliphatic carbocycles. The molecule has 0 saturated carbocycles. The topological polar surface area (TPSA) is 121 Å². The Kier molecular flexibility index (Phi) is 7.05. The first-order valence-electron chi connectivity index (χ1n) is 9.84. The summed E-state index contributed by atoms with van der Waals surface area (Å²) >= 11 is 0. The van der Waals surface area contributed by atoms with Crippen molar-refractivity contribution >= 4 is 26.0 Å². The molecule has 1 heterocycles. The Morgan fingerprint density at radius 2 is 1.73 bits per heavy atom. The number of alkyl halides is 3. The molecule has 1 saturated heterocycles. The number of hydrogen-bond acceptors (Lipinski definition) is 5. The molecule has 1 unspecified atom stereocenters. The van der Waals surface area contributed by atoms with Crippen LogP contribution >= 0.6 is 0 Å². The highest BCUT2D eigenvalue weighted by Gasteiger charge is 2.38. The van der Waals surface area contributed by atoms with Gasteiger partial charge in [-0.15, -0.1) is 0 Å². The minimum absolute atomic E-state index is 0.0644. The Bertz CT molecular complexity index is 1230. The predicted octanol–water partition coefficient (Wildman–Crippen LogP) is 3.35. The number of nitrogens with zero attached hydrogens (tertiary/aromatic N) is 1. The molecule has 3 rings (SSSR count). The van der Waals surface area contributed by atoms with Gasteiger partial charge in [0.1, 0.15) is 0 Å². The molecular formula is C20H21F3N2O6S2. The van der Waals surface area contributed by atoms with E-state index < -0.39 is 53.5 Å². The summed E-state index contributed by atoms with van der Waals surface area (Å²) in [6, 6.07) is 8.08. The smallest absolute Gasteiger partial charge is 0.417 e. The summed E-state index contributed by atoms with van der Waals surface area (Å²) in [4.78, 5) is 10.3. The molecule has 2 aromatic carbocycles. The van der Waals surface area contributed by atoms with Crippen LogP contribution in [0.3, 0.4) is 0 Å². The van der Waals surface area contributed by atoms with Gasteiger partial charge < -0.3 is 10.0 Å². The molecule has 0 radical (unpaired) electrons. The van der Waals surface area contributed by atoms with Crippen molar-refractivity contribution in [1.29, 1.82) is 0 Å². The van der Waals surface area contributed by atoms with Gasteiger partial charge in [0.05, 0.1) is 20.2 Å². The molecule has 1 aliphatic rings. The largest absolute Gasteiger partial charge is 0.465 e. The standard InChI is InChI=1S/C20H21F3N2O6S2/c21-20(22,23)17-9-8-16(32(28,29)15-6-2-1-3-7-15)13-18(17)33(30,31)24-11-10-14-5-4-12-25(14)19(26)27/h1-3,6-9,13-14,24H,4-5,10-12H2,(H,26,27). The maximum atomic E-state index is 13.5. The first kappa shape index (κ1) is 25.0. The number of sulfone groups is 1. The summed E-state index contributed by atoms with van der Waals surface area (Å²) in [7, 11) is -9.03. The number of amides is 1. The number of carboxylic acid groups (broad SMARTS) is 1. The van der Waals surface area contributed by atoms with Crippen LogP contribution in [0.1, 0.15) is 24.8 Å². The van der Waals surface area contributed by atoms with E-state index in [1.807, 2.05) is 0 Å². The summed E-state index contributed by atoms with van der Waals surface area (Å²) < 4.78 is 93.8. The Labute approximate surface area is 189 Å². The molecule has 2 aromatic rings. The van der Waals surface area contributed by atoms with Crippen molar-refractivity contribution in [3.05, 3.63) is 54.1 Å². The van der Waals surface area contributed by atoms with Crippen molar-refractivity contribution < 1.29 is 39.9 Å². The lowest BCUT2D eigenvalue weighted by Crippen LogP contribution is -2.37. The molecule has 8 nitrogen and oxygen atoms in total. The highest BCUT2D eigenvalue weighted by molar-refractivity contribution is 7.91. The molecule has 13 heteroatoms. The van der Waals surface area contributed by atoms with Crippen LogP contribution in [0.5, 0.6) is 0 Å². The van der Waals surface area contributed by atoms with E-state index in [1.165, 1.54) is 24.3 Å². The number of halogens is 3. The predicted molar refractivity (Wildman–Crippen MR) is 111 cm³/mol. The molecule has 180 valence electrons. The summed E-state index contributed by atoms with van der Waals surface area (Å²) in [5.74, 6) is 0. The molecule has 1 fully saturated rings. The molecule has 0 aromatic heterocycles. The molecule has 0 spiro atoms. The van der Waals surface area contributed by atoms with Gasteiger partial charge in [-0.3, -0.25) is 0 Å². The molecule has 1 amide bonds. The number of likely N-dealkylation sites (tertiary alicyclic amines) is 1. The first-order valence-corrected chi connectivity index (χ1v) is 12.8. The van der Waals surface area contributed by atoms with Crippen molar-refractivity contribution in [2.24, 2.45) is 0 Å². The van der Waals surface area contributed by atoms with Crippen molar-refractivity contribution in [1.82, 2.24) is 9.62 Å². The third-order valence-electron chi connectivity index (χ3n) is 5.30. The van der Waals surface area contributed by atoms with Gasteiger partial charge in [0.15, 0.2) is 0 Å². The second-order valence-corrected chi connectivity index (χ2v) is 11.1. The van der Waals surface area contributed by atoms with E-state index in [0.717, 1.165) is 4.90 Å². The molecule has 33 heavy (non-hydrogen) atoms. The minimum atomic E-state index is -5.05. The Morgan fingerprint density at radius 1 is 1.06 bits per heavy atom. The summed E-state index contributed by atoms with van der Waals surface area (Å²) in [5.41, 5.74) is -1.50. The lowest BCUT2D eigenvalue weighted by atomic mass is 10.1. The average molecular weight is 507 g/mol. The molecule has 0 bridgehead atoms. The molecule has 1 aliphatic heterocycles. The van der Waals surface area contributed by atoms with Gasteiger partial charge in [-0.05, 0) is 49.6 Å². The lowest BCUT2D eigenvalue weighted by Gasteiger charge is -2.21. The minimum Gasteiger partial charge on any atom is -0.465 e. The van der Waals surface area contributed by atoms with Crippen molar-refractivity contribution in [3.63, 3.8) is 0 Å². The highest BCUT2D eigenvalue weighted by atomic mass is 32.2. The fourth-order valence-corrected chi connectivity index (χ4v) is 6.37. The van der Waals surface area contributed by atoms with E-state index in [2.05, 4.69) is 4.72 Å². The van der Waals surface area contributed by atoms with Crippen LogP contribution in [-0.4, -0.2) is 52.1 Å². The maximum absolute atomic E-state index is 13.5. The van der Waals surface area contributed by atoms with Gasteiger partial charge in [-0.1, -0.05) is 18.2 Å². The monoisotopic (exact) mass is 506 g/mol. The SMILES string of the molecule is O=C(O)N1CCCC1CCNS(=O)(=O)c1cc(S(=O)(=O)c2ccccc2)ccc1C(F)(F)F. The van der Waals surface area contributed by atoms with Gasteiger partial charge in [-0.2, -0.15) is 13.2 Å². The van der Waals surface area contributed by atoms with E-state index in [4.69, 9.17) is 5.11 Å². The zero-order chi connectivity index (χ0) is 24.4. The van der Waals surface area contributed by atoms with Crippen LogP contribution in [0, 0.1) is 0 Å². The quantitative estimate of drug-likeness (QED) is 0.594. The van der Waals surface area contributed by atoms with Crippen LogP contribution in [0.25, 0.3) is 0 Å². The van der Waals surface area contributed by atoms with Gasteiger partial charge in [-0.25, -0.2) is 26.4 Å². The Hall–Kier alpha value is -2.64. The van der Waals surface area contributed by atoms with Crippen LogP contribution in [0.4, 0.5) is 18.0 Å². The number of nitrogens with one attached hydrogen (secondary N) is 1. The fourth-order valence-electron chi connectivity index (χ4n) is 3.69. The van der Waals surface area contributed by atoms with E-state index in [0.29, 0.717) is 37.6 Å². The highest BCUT2D eigenvalue weighted by Crippen LogP contribution is 2.36. The van der Waals surface area contributed by atoms with E-state index in [-0.39, 0.29) is 17.9 Å². The number of rotatable bonds is 7. The number of benzene rings is 2. The third-order valence-corrected chi connectivity index (χ3v) is 8.57. The maximum Gasteiger partial charge on any atom is 0.417 e. The third kappa shape index (κ3) is 5.47. The van der Waals surface area contributed by atoms with E-state index in [9.17, 15) is 34.8 Å². The van der Waals surface area contributed by atoms with Gasteiger partial charge in [0.2, 0.25) is 19.9 Å². The Morgan fingerprint density at radius 3 is 2.33 bits per heavy atom. The second-order valence-electron chi connectivity index (χ2n) is 7.43. The van der Waals surface area contributed by atoms with Gasteiger partial charge in [0.25, 0.3) is 0 Å². The molecular weight excluding hydrogens is 485 g/mol.